The normalized spacial score (nSPS) is 13.3. The van der Waals surface area contributed by atoms with Crippen LogP contribution in [0.2, 0.25) is 0 Å². The first-order valence-corrected chi connectivity index (χ1v) is 5.25. The van der Waals surface area contributed by atoms with E-state index in [4.69, 9.17) is 0 Å². The van der Waals surface area contributed by atoms with E-state index >= 15 is 0 Å². The summed E-state index contributed by atoms with van der Waals surface area (Å²) in [4.78, 5) is 3.73. The predicted octanol–water partition coefficient (Wildman–Crippen LogP) is 3.00. The molecule has 18 heavy (non-hydrogen) atoms. The van der Waals surface area contributed by atoms with Crippen molar-refractivity contribution in [3.8, 4) is 0 Å². The van der Waals surface area contributed by atoms with Crippen molar-refractivity contribution >= 4 is 5.82 Å². The van der Waals surface area contributed by atoms with Crippen LogP contribution in [0.25, 0.3) is 0 Å². The van der Waals surface area contributed by atoms with Gasteiger partial charge >= 0.3 is 6.18 Å². The van der Waals surface area contributed by atoms with E-state index in [1.54, 1.807) is 12.4 Å². The smallest absolute Gasteiger partial charge is 0.363 e. The Morgan fingerprint density at radius 3 is 2.56 bits per heavy atom. The summed E-state index contributed by atoms with van der Waals surface area (Å²) in [6.45, 7) is 1.87. The minimum atomic E-state index is -4.36. The zero-order valence-electron chi connectivity index (χ0n) is 9.49. The maximum atomic E-state index is 12.3. The summed E-state index contributed by atoms with van der Waals surface area (Å²) < 4.78 is 37.0. The number of hydrogen-bond donors (Lipinski definition) is 2. The fraction of sp³-hybridized carbons (Fsp3) is 0.273. The SMILES string of the molecule is C[C@@H](Nc1ccc(C(F)(F)F)cn1)c1cn[nH]c1. The third-order valence-corrected chi connectivity index (χ3v) is 2.47. The Bertz CT molecular complexity index is 490. The maximum absolute atomic E-state index is 12.3. The average molecular weight is 256 g/mol. The third-order valence-electron chi connectivity index (χ3n) is 2.47. The fourth-order valence-corrected chi connectivity index (χ4v) is 1.45. The maximum Gasteiger partial charge on any atom is 0.417 e. The molecule has 2 aromatic heterocycles. The minimum Gasteiger partial charge on any atom is -0.363 e. The van der Waals surface area contributed by atoms with Crippen molar-refractivity contribution in [3.05, 3.63) is 41.9 Å². The molecule has 0 aliphatic heterocycles. The van der Waals surface area contributed by atoms with Gasteiger partial charge in [0.05, 0.1) is 17.8 Å². The lowest BCUT2D eigenvalue weighted by molar-refractivity contribution is -0.137. The number of rotatable bonds is 3. The quantitative estimate of drug-likeness (QED) is 0.887. The number of H-pyrrole nitrogens is 1. The van der Waals surface area contributed by atoms with Gasteiger partial charge in [-0.25, -0.2) is 4.98 Å². The molecule has 2 rings (SSSR count). The van der Waals surface area contributed by atoms with Crippen LogP contribution in [0.1, 0.15) is 24.1 Å². The van der Waals surface area contributed by atoms with Gasteiger partial charge in [-0.15, -0.1) is 0 Å². The topological polar surface area (TPSA) is 53.6 Å². The lowest BCUT2D eigenvalue weighted by Gasteiger charge is -2.13. The molecular formula is C11H11F3N4. The number of pyridine rings is 1. The molecule has 0 saturated heterocycles. The van der Waals surface area contributed by atoms with E-state index in [1.165, 1.54) is 6.07 Å². The molecule has 0 radical (unpaired) electrons. The van der Waals surface area contributed by atoms with E-state index in [-0.39, 0.29) is 6.04 Å². The monoisotopic (exact) mass is 256 g/mol. The molecule has 0 saturated carbocycles. The first kappa shape index (κ1) is 12.4. The molecule has 4 nitrogen and oxygen atoms in total. The molecule has 2 N–H and O–H groups in total. The summed E-state index contributed by atoms with van der Waals surface area (Å²) in [6, 6.07) is 2.21. The first-order chi connectivity index (χ1) is 8.47. The number of hydrogen-bond acceptors (Lipinski definition) is 3. The molecule has 7 heteroatoms. The zero-order chi connectivity index (χ0) is 13.2. The van der Waals surface area contributed by atoms with Crippen molar-refractivity contribution in [3.63, 3.8) is 0 Å². The van der Waals surface area contributed by atoms with Crippen molar-refractivity contribution in [1.29, 1.82) is 0 Å². The Hall–Kier alpha value is -2.05. The van der Waals surface area contributed by atoms with Crippen LogP contribution in [0.15, 0.2) is 30.7 Å². The molecule has 0 amide bonds. The van der Waals surface area contributed by atoms with E-state index in [0.29, 0.717) is 5.82 Å². The van der Waals surface area contributed by atoms with Crippen LogP contribution in [-0.2, 0) is 6.18 Å². The van der Waals surface area contributed by atoms with E-state index in [9.17, 15) is 13.2 Å². The number of nitrogens with one attached hydrogen (secondary N) is 2. The summed E-state index contributed by atoms with van der Waals surface area (Å²) >= 11 is 0. The highest BCUT2D eigenvalue weighted by atomic mass is 19.4. The molecule has 0 fully saturated rings. The summed E-state index contributed by atoms with van der Waals surface area (Å²) in [6.07, 6.45) is -0.199. The molecular weight excluding hydrogens is 245 g/mol. The summed E-state index contributed by atoms with van der Waals surface area (Å²) in [7, 11) is 0. The molecule has 0 spiro atoms. The lowest BCUT2D eigenvalue weighted by Crippen LogP contribution is -2.09. The Morgan fingerprint density at radius 1 is 1.28 bits per heavy atom. The second-order valence-electron chi connectivity index (χ2n) is 3.83. The average Bonchev–Trinajstić information content (AvgIpc) is 2.82. The molecule has 2 aromatic rings. The summed E-state index contributed by atoms with van der Waals surface area (Å²) in [5, 5.41) is 9.45. The molecule has 0 unspecified atom stereocenters. The van der Waals surface area contributed by atoms with Gasteiger partial charge in [0.2, 0.25) is 0 Å². The Balaban J connectivity index is 2.07. The van der Waals surface area contributed by atoms with Crippen molar-refractivity contribution in [2.45, 2.75) is 19.1 Å². The van der Waals surface area contributed by atoms with Gasteiger partial charge in [0.25, 0.3) is 0 Å². The van der Waals surface area contributed by atoms with Gasteiger partial charge < -0.3 is 5.32 Å². The van der Waals surface area contributed by atoms with E-state index in [2.05, 4.69) is 20.5 Å². The fourth-order valence-electron chi connectivity index (χ4n) is 1.45. The molecule has 96 valence electrons. The van der Waals surface area contributed by atoms with Crippen LogP contribution < -0.4 is 5.32 Å². The van der Waals surface area contributed by atoms with E-state index in [0.717, 1.165) is 17.8 Å². The third kappa shape index (κ3) is 2.79. The van der Waals surface area contributed by atoms with Crippen molar-refractivity contribution in [2.24, 2.45) is 0 Å². The highest BCUT2D eigenvalue weighted by molar-refractivity contribution is 5.38. The Labute approximate surface area is 101 Å². The number of nitrogens with zero attached hydrogens (tertiary/aromatic N) is 2. The lowest BCUT2D eigenvalue weighted by atomic mass is 10.2. The van der Waals surface area contributed by atoms with Gasteiger partial charge in [-0.3, -0.25) is 5.10 Å². The standard InChI is InChI=1S/C11H11F3N4/c1-7(8-4-16-17-5-8)18-10-3-2-9(6-15-10)11(12,13)14/h2-7H,1H3,(H,15,18)(H,16,17)/t7-/m1/s1. The molecule has 0 bridgehead atoms. The number of aromatic amines is 1. The van der Waals surface area contributed by atoms with Crippen LogP contribution >= 0.6 is 0 Å². The molecule has 1 atom stereocenters. The second-order valence-corrected chi connectivity index (χ2v) is 3.83. The van der Waals surface area contributed by atoms with Crippen LogP contribution in [0.3, 0.4) is 0 Å². The van der Waals surface area contributed by atoms with Crippen LogP contribution in [0.4, 0.5) is 19.0 Å². The van der Waals surface area contributed by atoms with Gasteiger partial charge in [0.1, 0.15) is 5.82 Å². The van der Waals surface area contributed by atoms with E-state index in [1.807, 2.05) is 6.92 Å². The highest BCUT2D eigenvalue weighted by Crippen LogP contribution is 2.29. The van der Waals surface area contributed by atoms with Gasteiger partial charge in [0.15, 0.2) is 0 Å². The largest absolute Gasteiger partial charge is 0.417 e. The van der Waals surface area contributed by atoms with Gasteiger partial charge in [-0.2, -0.15) is 18.3 Å². The van der Waals surface area contributed by atoms with Crippen molar-refractivity contribution in [2.75, 3.05) is 5.32 Å². The zero-order valence-corrected chi connectivity index (χ0v) is 9.49. The first-order valence-electron chi connectivity index (χ1n) is 5.25. The molecule has 0 aliphatic carbocycles. The number of alkyl halides is 3. The van der Waals surface area contributed by atoms with E-state index < -0.39 is 11.7 Å². The highest BCUT2D eigenvalue weighted by Gasteiger charge is 2.30. The number of anilines is 1. The minimum absolute atomic E-state index is 0.0898. The number of aromatic nitrogens is 3. The molecule has 0 aromatic carbocycles. The number of halogens is 3. The predicted molar refractivity (Wildman–Crippen MR) is 59.9 cm³/mol. The second kappa shape index (κ2) is 4.67. The van der Waals surface area contributed by atoms with Gasteiger partial charge in [0, 0.05) is 18.0 Å². The molecule has 0 aliphatic rings. The molecule has 2 heterocycles. The Kier molecular flexibility index (Phi) is 3.22. The van der Waals surface area contributed by atoms with Crippen LogP contribution in [-0.4, -0.2) is 15.2 Å². The summed E-state index contributed by atoms with van der Waals surface area (Å²) in [5.74, 6) is 0.386. The van der Waals surface area contributed by atoms with Crippen molar-refractivity contribution in [1.82, 2.24) is 15.2 Å². The van der Waals surface area contributed by atoms with Gasteiger partial charge in [-0.1, -0.05) is 0 Å². The van der Waals surface area contributed by atoms with Crippen molar-refractivity contribution < 1.29 is 13.2 Å². The van der Waals surface area contributed by atoms with Crippen LogP contribution in [0.5, 0.6) is 0 Å². The summed E-state index contributed by atoms with van der Waals surface area (Å²) in [5.41, 5.74) is 0.140. The van der Waals surface area contributed by atoms with Gasteiger partial charge in [-0.05, 0) is 19.1 Å². The van der Waals surface area contributed by atoms with Crippen LogP contribution in [0, 0.1) is 0 Å². The Morgan fingerprint density at radius 2 is 2.06 bits per heavy atom.